The molecule has 2 nitrogen and oxygen atoms in total. The SMILES string of the molecule is Cc1cc(C(=O)Cl)c(C)cc1O. The van der Waals surface area contributed by atoms with E-state index in [0.29, 0.717) is 16.7 Å². The van der Waals surface area contributed by atoms with Crippen molar-refractivity contribution in [1.82, 2.24) is 0 Å². The largest absolute Gasteiger partial charge is 0.508 e. The van der Waals surface area contributed by atoms with Gasteiger partial charge in [0.15, 0.2) is 0 Å². The maximum atomic E-state index is 10.8. The normalized spacial score (nSPS) is 9.92. The Hall–Kier alpha value is -1.02. The Morgan fingerprint density at radius 2 is 1.92 bits per heavy atom. The molecular weight excluding hydrogens is 176 g/mol. The van der Waals surface area contributed by atoms with E-state index in [4.69, 9.17) is 11.6 Å². The van der Waals surface area contributed by atoms with Gasteiger partial charge in [0, 0.05) is 5.56 Å². The van der Waals surface area contributed by atoms with Crippen molar-refractivity contribution < 1.29 is 9.90 Å². The molecule has 0 amide bonds. The summed E-state index contributed by atoms with van der Waals surface area (Å²) in [6.45, 7) is 3.45. The van der Waals surface area contributed by atoms with E-state index in [1.807, 2.05) is 0 Å². The molecule has 0 fully saturated rings. The fraction of sp³-hybridized carbons (Fsp3) is 0.222. The van der Waals surface area contributed by atoms with Gasteiger partial charge in [-0.15, -0.1) is 0 Å². The standard InChI is InChI=1S/C9H9ClO2/c1-5-4-8(11)6(2)3-7(5)9(10)12/h3-4,11H,1-2H3. The second-order valence-corrected chi connectivity index (χ2v) is 3.07. The lowest BCUT2D eigenvalue weighted by Crippen LogP contribution is -1.94. The third-order valence-electron chi connectivity index (χ3n) is 1.75. The molecule has 64 valence electrons. The molecule has 0 aromatic heterocycles. The van der Waals surface area contributed by atoms with E-state index in [1.54, 1.807) is 19.9 Å². The summed E-state index contributed by atoms with van der Waals surface area (Å²) < 4.78 is 0. The number of rotatable bonds is 1. The van der Waals surface area contributed by atoms with Crippen LogP contribution in [0.25, 0.3) is 0 Å². The molecule has 1 N–H and O–H groups in total. The number of phenolic OH excluding ortho intramolecular Hbond substituents is 1. The van der Waals surface area contributed by atoms with Gasteiger partial charge in [0.2, 0.25) is 0 Å². The van der Waals surface area contributed by atoms with Crippen LogP contribution in [-0.2, 0) is 0 Å². The Kier molecular flexibility index (Phi) is 2.38. The average molecular weight is 185 g/mol. The Balaban J connectivity index is 3.33. The van der Waals surface area contributed by atoms with Gasteiger partial charge in [-0.05, 0) is 48.7 Å². The summed E-state index contributed by atoms with van der Waals surface area (Å²) in [6.07, 6.45) is 0. The summed E-state index contributed by atoms with van der Waals surface area (Å²) in [6, 6.07) is 3.12. The van der Waals surface area contributed by atoms with Crippen LogP contribution in [0.2, 0.25) is 0 Å². The van der Waals surface area contributed by atoms with Gasteiger partial charge in [-0.1, -0.05) is 0 Å². The fourth-order valence-corrected chi connectivity index (χ4v) is 1.22. The van der Waals surface area contributed by atoms with Crippen LogP contribution in [0.1, 0.15) is 21.5 Å². The third-order valence-corrected chi connectivity index (χ3v) is 1.96. The summed E-state index contributed by atoms with van der Waals surface area (Å²) in [5.74, 6) is 0.189. The predicted octanol–water partition coefficient (Wildman–Crippen LogP) is 2.39. The highest BCUT2D eigenvalue weighted by molar-refractivity contribution is 6.67. The summed E-state index contributed by atoms with van der Waals surface area (Å²) in [4.78, 5) is 10.8. The van der Waals surface area contributed by atoms with Crippen molar-refractivity contribution >= 4 is 16.8 Å². The number of hydrogen-bond donors (Lipinski definition) is 1. The van der Waals surface area contributed by atoms with Crippen molar-refractivity contribution in [3.05, 3.63) is 28.8 Å². The lowest BCUT2D eigenvalue weighted by atomic mass is 10.1. The molecule has 3 heteroatoms. The molecule has 0 aliphatic carbocycles. The molecule has 0 aliphatic rings. The van der Waals surface area contributed by atoms with Crippen LogP contribution in [-0.4, -0.2) is 10.3 Å². The van der Waals surface area contributed by atoms with Gasteiger partial charge in [0.1, 0.15) is 5.75 Å². The quantitative estimate of drug-likeness (QED) is 0.681. The monoisotopic (exact) mass is 184 g/mol. The molecule has 0 saturated carbocycles. The number of aryl methyl sites for hydroxylation is 2. The zero-order chi connectivity index (χ0) is 9.30. The predicted molar refractivity (Wildman–Crippen MR) is 47.8 cm³/mol. The molecule has 0 unspecified atom stereocenters. The van der Waals surface area contributed by atoms with E-state index in [-0.39, 0.29) is 5.75 Å². The molecule has 0 spiro atoms. The second kappa shape index (κ2) is 3.15. The number of halogens is 1. The van der Waals surface area contributed by atoms with Crippen molar-refractivity contribution in [3.8, 4) is 5.75 Å². The van der Waals surface area contributed by atoms with E-state index in [2.05, 4.69) is 0 Å². The minimum absolute atomic E-state index is 0.189. The molecule has 12 heavy (non-hydrogen) atoms. The number of hydrogen-bond acceptors (Lipinski definition) is 2. The van der Waals surface area contributed by atoms with Crippen LogP contribution in [0, 0.1) is 13.8 Å². The first-order chi connectivity index (χ1) is 5.52. The number of aromatic hydroxyl groups is 1. The van der Waals surface area contributed by atoms with Crippen molar-refractivity contribution in [3.63, 3.8) is 0 Å². The van der Waals surface area contributed by atoms with Crippen molar-refractivity contribution in [2.75, 3.05) is 0 Å². The van der Waals surface area contributed by atoms with Crippen molar-refractivity contribution in [2.24, 2.45) is 0 Å². The van der Waals surface area contributed by atoms with Crippen LogP contribution in [0.5, 0.6) is 5.75 Å². The van der Waals surface area contributed by atoms with Crippen molar-refractivity contribution in [1.29, 1.82) is 0 Å². The molecular formula is C9H9ClO2. The van der Waals surface area contributed by atoms with Crippen LogP contribution in [0.15, 0.2) is 12.1 Å². The average Bonchev–Trinajstić information content (AvgIpc) is 1.96. The zero-order valence-electron chi connectivity index (χ0n) is 6.89. The highest BCUT2D eigenvalue weighted by Crippen LogP contribution is 2.22. The van der Waals surface area contributed by atoms with Crippen molar-refractivity contribution in [2.45, 2.75) is 13.8 Å². The maximum Gasteiger partial charge on any atom is 0.252 e. The Bertz CT molecular complexity index is 332. The Labute approximate surface area is 75.8 Å². The van der Waals surface area contributed by atoms with Crippen LogP contribution < -0.4 is 0 Å². The number of phenols is 1. The van der Waals surface area contributed by atoms with E-state index in [9.17, 15) is 9.90 Å². The lowest BCUT2D eigenvalue weighted by Gasteiger charge is -2.03. The maximum absolute atomic E-state index is 10.8. The number of benzene rings is 1. The lowest BCUT2D eigenvalue weighted by molar-refractivity contribution is 0.108. The molecule has 1 rings (SSSR count). The highest BCUT2D eigenvalue weighted by atomic mass is 35.5. The molecule has 0 heterocycles. The zero-order valence-corrected chi connectivity index (χ0v) is 7.64. The number of carbonyl (C=O) groups excluding carboxylic acids is 1. The van der Waals surface area contributed by atoms with Gasteiger partial charge in [-0.2, -0.15) is 0 Å². The Morgan fingerprint density at radius 1 is 1.33 bits per heavy atom. The topological polar surface area (TPSA) is 37.3 Å². The van der Waals surface area contributed by atoms with Gasteiger partial charge >= 0.3 is 0 Å². The molecule has 0 radical (unpaired) electrons. The molecule has 1 aromatic rings. The fourth-order valence-electron chi connectivity index (χ4n) is 1.01. The van der Waals surface area contributed by atoms with E-state index >= 15 is 0 Å². The minimum atomic E-state index is -0.490. The van der Waals surface area contributed by atoms with E-state index in [0.717, 1.165) is 0 Å². The molecule has 1 aromatic carbocycles. The van der Waals surface area contributed by atoms with Gasteiger partial charge < -0.3 is 5.11 Å². The summed E-state index contributed by atoms with van der Waals surface area (Å²) >= 11 is 5.31. The van der Waals surface area contributed by atoms with Gasteiger partial charge in [-0.25, -0.2) is 0 Å². The first kappa shape index (κ1) is 9.07. The van der Waals surface area contributed by atoms with E-state index < -0.39 is 5.24 Å². The first-order valence-electron chi connectivity index (χ1n) is 3.52. The molecule has 0 aliphatic heterocycles. The molecule has 0 saturated heterocycles. The number of carbonyl (C=O) groups is 1. The third kappa shape index (κ3) is 1.59. The van der Waals surface area contributed by atoms with Gasteiger partial charge in [0.25, 0.3) is 5.24 Å². The Morgan fingerprint density at radius 3 is 2.42 bits per heavy atom. The summed E-state index contributed by atoms with van der Waals surface area (Å²) in [7, 11) is 0. The summed E-state index contributed by atoms with van der Waals surface area (Å²) in [5, 5.41) is 8.76. The van der Waals surface area contributed by atoms with Crippen LogP contribution in [0.3, 0.4) is 0 Å². The summed E-state index contributed by atoms with van der Waals surface area (Å²) in [5.41, 5.74) is 1.80. The first-order valence-corrected chi connectivity index (χ1v) is 3.90. The van der Waals surface area contributed by atoms with Gasteiger partial charge in [-0.3, -0.25) is 4.79 Å². The molecule has 0 atom stereocenters. The van der Waals surface area contributed by atoms with Crippen LogP contribution in [0.4, 0.5) is 0 Å². The highest BCUT2D eigenvalue weighted by Gasteiger charge is 2.08. The van der Waals surface area contributed by atoms with Gasteiger partial charge in [0.05, 0.1) is 0 Å². The van der Waals surface area contributed by atoms with Crippen LogP contribution >= 0.6 is 11.6 Å². The second-order valence-electron chi connectivity index (χ2n) is 2.73. The minimum Gasteiger partial charge on any atom is -0.508 e. The van der Waals surface area contributed by atoms with E-state index in [1.165, 1.54) is 6.07 Å². The smallest absolute Gasteiger partial charge is 0.252 e. The molecule has 0 bridgehead atoms.